The van der Waals surface area contributed by atoms with Crippen molar-refractivity contribution >= 4 is 33.4 Å². The second-order valence-electron chi connectivity index (χ2n) is 4.50. The molecule has 0 saturated heterocycles. The van der Waals surface area contributed by atoms with Crippen molar-refractivity contribution in [1.29, 1.82) is 0 Å². The molecule has 0 unspecified atom stereocenters. The van der Waals surface area contributed by atoms with Crippen LogP contribution in [0.3, 0.4) is 0 Å². The summed E-state index contributed by atoms with van der Waals surface area (Å²) >= 11 is 6.28. The third-order valence-corrected chi connectivity index (χ3v) is 3.64. The standard InChI is InChI=1S/C15H10ClN3/c16-10-5-3-7-12-14(10)15(19-18-12)13-8-9-4-1-2-6-11(9)17-13/h1-8,17H,(H,18,19). The van der Waals surface area contributed by atoms with Gasteiger partial charge in [0.1, 0.15) is 5.69 Å². The number of rotatable bonds is 1. The van der Waals surface area contributed by atoms with Gasteiger partial charge in [-0.15, -0.1) is 0 Å². The van der Waals surface area contributed by atoms with Crippen molar-refractivity contribution in [3.05, 3.63) is 53.6 Å². The largest absolute Gasteiger partial charge is 0.353 e. The first kappa shape index (κ1) is 10.6. The van der Waals surface area contributed by atoms with Gasteiger partial charge in [-0.1, -0.05) is 35.9 Å². The molecule has 0 radical (unpaired) electrons. The fraction of sp³-hybridized carbons (Fsp3) is 0. The molecule has 4 heteroatoms. The number of para-hydroxylation sites is 1. The van der Waals surface area contributed by atoms with E-state index in [-0.39, 0.29) is 0 Å². The Balaban J connectivity index is 2.04. The summed E-state index contributed by atoms with van der Waals surface area (Å²) in [7, 11) is 0. The molecule has 3 nitrogen and oxygen atoms in total. The van der Waals surface area contributed by atoms with Crippen molar-refractivity contribution in [2.75, 3.05) is 0 Å². The van der Waals surface area contributed by atoms with E-state index in [2.05, 4.69) is 33.4 Å². The Kier molecular flexibility index (Phi) is 2.17. The normalized spacial score (nSPS) is 11.4. The zero-order valence-corrected chi connectivity index (χ0v) is 10.7. The number of nitrogens with zero attached hydrogens (tertiary/aromatic N) is 1. The molecule has 4 aromatic rings. The van der Waals surface area contributed by atoms with Crippen molar-refractivity contribution in [3.63, 3.8) is 0 Å². The van der Waals surface area contributed by atoms with Crippen LogP contribution < -0.4 is 0 Å². The van der Waals surface area contributed by atoms with Crippen LogP contribution in [0.2, 0.25) is 5.02 Å². The summed E-state index contributed by atoms with van der Waals surface area (Å²) in [5, 5.41) is 10.2. The van der Waals surface area contributed by atoms with Crippen LogP contribution in [0.4, 0.5) is 0 Å². The molecule has 0 spiro atoms. The number of H-pyrrole nitrogens is 2. The fourth-order valence-corrected chi connectivity index (χ4v) is 2.69. The van der Waals surface area contributed by atoms with Crippen LogP contribution in [0, 0.1) is 0 Å². The van der Waals surface area contributed by atoms with Gasteiger partial charge in [0.25, 0.3) is 0 Å². The molecule has 0 atom stereocenters. The van der Waals surface area contributed by atoms with E-state index < -0.39 is 0 Å². The molecule has 4 rings (SSSR count). The second-order valence-corrected chi connectivity index (χ2v) is 4.91. The monoisotopic (exact) mass is 267 g/mol. The number of hydrogen-bond donors (Lipinski definition) is 2. The Morgan fingerprint density at radius 2 is 1.79 bits per heavy atom. The molecular weight excluding hydrogens is 258 g/mol. The molecule has 19 heavy (non-hydrogen) atoms. The number of benzene rings is 2. The smallest absolute Gasteiger partial charge is 0.118 e. The maximum Gasteiger partial charge on any atom is 0.118 e. The van der Waals surface area contributed by atoms with Crippen molar-refractivity contribution in [2.45, 2.75) is 0 Å². The quantitative estimate of drug-likeness (QED) is 0.529. The number of fused-ring (bicyclic) bond motifs is 2. The summed E-state index contributed by atoms with van der Waals surface area (Å²) in [6.07, 6.45) is 0. The fourth-order valence-electron chi connectivity index (χ4n) is 2.43. The van der Waals surface area contributed by atoms with Gasteiger partial charge in [-0.05, 0) is 24.3 Å². The lowest BCUT2D eigenvalue weighted by Gasteiger charge is -1.96. The van der Waals surface area contributed by atoms with Crippen molar-refractivity contribution in [2.24, 2.45) is 0 Å². The van der Waals surface area contributed by atoms with Gasteiger partial charge >= 0.3 is 0 Å². The number of nitrogens with one attached hydrogen (secondary N) is 2. The molecule has 0 saturated carbocycles. The van der Waals surface area contributed by atoms with Crippen LogP contribution in [0.15, 0.2) is 48.5 Å². The first-order chi connectivity index (χ1) is 9.33. The van der Waals surface area contributed by atoms with Gasteiger partial charge in [0.2, 0.25) is 0 Å². The summed E-state index contributed by atoms with van der Waals surface area (Å²) in [6, 6.07) is 16.0. The van der Waals surface area contributed by atoms with E-state index >= 15 is 0 Å². The third kappa shape index (κ3) is 1.55. The van der Waals surface area contributed by atoms with Crippen LogP contribution in [0.1, 0.15) is 0 Å². The molecular formula is C15H10ClN3. The average molecular weight is 268 g/mol. The number of hydrogen-bond acceptors (Lipinski definition) is 1. The second kappa shape index (κ2) is 3.87. The molecule has 0 fully saturated rings. The van der Waals surface area contributed by atoms with Crippen LogP contribution in [-0.4, -0.2) is 15.2 Å². The van der Waals surface area contributed by atoms with E-state index in [1.807, 2.05) is 30.3 Å². The lowest BCUT2D eigenvalue weighted by molar-refractivity contribution is 1.12. The highest BCUT2D eigenvalue weighted by atomic mass is 35.5. The van der Waals surface area contributed by atoms with Gasteiger partial charge in [-0.3, -0.25) is 5.10 Å². The van der Waals surface area contributed by atoms with Gasteiger partial charge in [-0.2, -0.15) is 5.10 Å². The molecule has 0 aliphatic carbocycles. The van der Waals surface area contributed by atoms with E-state index in [0.717, 1.165) is 27.8 Å². The minimum absolute atomic E-state index is 0.708. The predicted molar refractivity (Wildman–Crippen MR) is 78.4 cm³/mol. The maximum atomic E-state index is 6.28. The Labute approximate surface area is 114 Å². The summed E-state index contributed by atoms with van der Waals surface area (Å²) in [4.78, 5) is 3.38. The first-order valence-electron chi connectivity index (χ1n) is 6.03. The molecule has 2 heterocycles. The van der Waals surface area contributed by atoms with E-state index in [1.165, 1.54) is 5.39 Å². The molecule has 0 bridgehead atoms. The molecule has 2 N–H and O–H groups in total. The highest BCUT2D eigenvalue weighted by Crippen LogP contribution is 2.32. The van der Waals surface area contributed by atoms with Gasteiger partial charge in [0, 0.05) is 16.3 Å². The highest BCUT2D eigenvalue weighted by Gasteiger charge is 2.12. The zero-order valence-electron chi connectivity index (χ0n) is 9.94. The van der Waals surface area contributed by atoms with Gasteiger partial charge < -0.3 is 4.98 Å². The van der Waals surface area contributed by atoms with E-state index in [9.17, 15) is 0 Å². The van der Waals surface area contributed by atoms with Crippen molar-refractivity contribution < 1.29 is 0 Å². The Bertz CT molecular complexity index is 856. The van der Waals surface area contributed by atoms with Crippen LogP contribution >= 0.6 is 11.6 Å². The van der Waals surface area contributed by atoms with Crippen molar-refractivity contribution in [1.82, 2.24) is 15.2 Å². The Hall–Kier alpha value is -2.26. The minimum atomic E-state index is 0.708. The summed E-state index contributed by atoms with van der Waals surface area (Å²) in [6.45, 7) is 0. The minimum Gasteiger partial charge on any atom is -0.353 e. The van der Waals surface area contributed by atoms with E-state index in [4.69, 9.17) is 11.6 Å². The zero-order chi connectivity index (χ0) is 12.8. The highest BCUT2D eigenvalue weighted by molar-refractivity contribution is 6.36. The third-order valence-electron chi connectivity index (χ3n) is 3.32. The van der Waals surface area contributed by atoms with Gasteiger partial charge in [0.05, 0.1) is 16.2 Å². The van der Waals surface area contributed by atoms with Gasteiger partial charge in [-0.25, -0.2) is 0 Å². The van der Waals surface area contributed by atoms with E-state index in [0.29, 0.717) is 5.02 Å². The average Bonchev–Trinajstić information content (AvgIpc) is 3.02. The summed E-state index contributed by atoms with van der Waals surface area (Å²) in [5.41, 5.74) is 3.87. The first-order valence-corrected chi connectivity index (χ1v) is 6.41. The summed E-state index contributed by atoms with van der Waals surface area (Å²) < 4.78 is 0. The van der Waals surface area contributed by atoms with Gasteiger partial charge in [0.15, 0.2) is 0 Å². The molecule has 0 amide bonds. The molecule has 2 aromatic carbocycles. The Morgan fingerprint density at radius 3 is 2.68 bits per heavy atom. The number of halogens is 1. The maximum absolute atomic E-state index is 6.28. The SMILES string of the molecule is Clc1cccc2[nH]nc(-c3cc4ccccc4[nH]3)c12. The van der Waals surface area contributed by atoms with Crippen LogP contribution in [-0.2, 0) is 0 Å². The number of aromatic amines is 2. The molecule has 0 aliphatic heterocycles. The van der Waals surface area contributed by atoms with Crippen LogP contribution in [0.25, 0.3) is 33.2 Å². The molecule has 0 aliphatic rings. The molecule has 2 aromatic heterocycles. The Morgan fingerprint density at radius 1 is 0.947 bits per heavy atom. The molecule has 92 valence electrons. The van der Waals surface area contributed by atoms with Crippen molar-refractivity contribution in [3.8, 4) is 11.4 Å². The summed E-state index contributed by atoms with van der Waals surface area (Å²) in [5.74, 6) is 0. The number of aromatic nitrogens is 3. The topological polar surface area (TPSA) is 44.5 Å². The van der Waals surface area contributed by atoms with E-state index in [1.54, 1.807) is 0 Å². The predicted octanol–water partition coefficient (Wildman–Crippen LogP) is 4.36. The van der Waals surface area contributed by atoms with Crippen LogP contribution in [0.5, 0.6) is 0 Å². The lowest BCUT2D eigenvalue weighted by Crippen LogP contribution is -1.78. The lowest BCUT2D eigenvalue weighted by atomic mass is 10.1.